The maximum Gasteiger partial charge on any atom is 0.419 e. The summed E-state index contributed by atoms with van der Waals surface area (Å²) in [7, 11) is 0. The number of nitriles is 2. The van der Waals surface area contributed by atoms with Crippen molar-refractivity contribution in [1.29, 1.82) is 10.5 Å². The Labute approximate surface area is 274 Å². The SMILES string of the molecule is [C-]#[N+]/C(C#N)=C1/c2cc(-c3ccc(C(F)(F)F)c(F)c3)cnc2-c2cc3c(nc21)/C(=C(\C#N)[N+]#[C-])c1cc(-c2ccc(C)c(F)c2)cnc1-3. The Morgan fingerprint density at radius 1 is 0.653 bits per heavy atom. The molecule has 5 aromatic rings. The van der Waals surface area contributed by atoms with Gasteiger partial charge in [0.1, 0.15) is 11.6 Å². The van der Waals surface area contributed by atoms with Crippen molar-refractivity contribution in [2.75, 3.05) is 0 Å². The second-order valence-electron chi connectivity index (χ2n) is 11.1. The molecule has 0 bridgehead atoms. The van der Waals surface area contributed by atoms with Crippen LogP contribution in [0, 0.1) is 54.4 Å². The van der Waals surface area contributed by atoms with Gasteiger partial charge in [-0.15, -0.1) is 0 Å². The topological polar surface area (TPSA) is 95.0 Å². The number of nitrogens with zero attached hydrogens (tertiary/aromatic N) is 7. The number of hydrogen-bond donors (Lipinski definition) is 0. The van der Waals surface area contributed by atoms with Crippen molar-refractivity contribution in [3.8, 4) is 56.9 Å². The number of halogens is 5. The van der Waals surface area contributed by atoms with Crippen molar-refractivity contribution in [2.45, 2.75) is 13.1 Å². The van der Waals surface area contributed by atoms with E-state index in [2.05, 4.69) is 19.7 Å². The average Bonchev–Trinajstić information content (AvgIpc) is 3.57. The van der Waals surface area contributed by atoms with Crippen LogP contribution in [0.5, 0.6) is 0 Å². The molecule has 2 aromatic carbocycles. The van der Waals surface area contributed by atoms with Gasteiger partial charge in [0, 0.05) is 56.9 Å². The molecule has 0 atom stereocenters. The molecule has 0 N–H and O–H groups in total. The highest BCUT2D eigenvalue weighted by atomic mass is 19.4. The molecule has 0 spiro atoms. The Kier molecular flexibility index (Phi) is 6.91. The van der Waals surface area contributed by atoms with Gasteiger partial charge in [0.25, 0.3) is 11.4 Å². The molecule has 0 radical (unpaired) electrons. The van der Waals surface area contributed by atoms with Crippen molar-refractivity contribution in [3.63, 3.8) is 0 Å². The van der Waals surface area contributed by atoms with Crippen molar-refractivity contribution >= 4 is 11.1 Å². The van der Waals surface area contributed by atoms with Gasteiger partial charge in [0.15, 0.2) is 0 Å². The molecule has 0 saturated carbocycles. The molecule has 0 saturated heterocycles. The summed E-state index contributed by atoms with van der Waals surface area (Å²) in [6, 6.07) is 15.8. The summed E-state index contributed by atoms with van der Waals surface area (Å²) in [5.41, 5.74) is 2.48. The predicted molar refractivity (Wildman–Crippen MR) is 168 cm³/mol. The molecule has 232 valence electrons. The van der Waals surface area contributed by atoms with Crippen LogP contribution in [-0.2, 0) is 6.18 Å². The third-order valence-electron chi connectivity index (χ3n) is 8.34. The summed E-state index contributed by atoms with van der Waals surface area (Å²) in [6.07, 6.45) is -2.02. The Balaban J connectivity index is 1.45. The molecule has 0 amide bonds. The van der Waals surface area contributed by atoms with Crippen LogP contribution in [0.1, 0.15) is 33.6 Å². The number of allylic oxidation sites excluding steroid dienone is 2. The van der Waals surface area contributed by atoms with Gasteiger partial charge in [0.2, 0.25) is 0 Å². The van der Waals surface area contributed by atoms with Crippen molar-refractivity contribution in [3.05, 3.63) is 146 Å². The lowest BCUT2D eigenvalue weighted by atomic mass is 9.99. The Morgan fingerprint density at radius 3 is 1.57 bits per heavy atom. The van der Waals surface area contributed by atoms with Gasteiger partial charge in [-0.3, -0.25) is 9.97 Å². The Hall–Kier alpha value is -7.02. The van der Waals surface area contributed by atoms with Crippen LogP contribution < -0.4 is 0 Å². The molecule has 0 aliphatic heterocycles. The van der Waals surface area contributed by atoms with Gasteiger partial charge >= 0.3 is 6.18 Å². The molecule has 7 rings (SSSR count). The van der Waals surface area contributed by atoms with Crippen LogP contribution in [0.2, 0.25) is 0 Å². The van der Waals surface area contributed by atoms with E-state index in [4.69, 9.17) is 18.1 Å². The van der Waals surface area contributed by atoms with E-state index < -0.39 is 23.4 Å². The fourth-order valence-corrected chi connectivity index (χ4v) is 6.02. The highest BCUT2D eigenvalue weighted by molar-refractivity contribution is 6.07. The van der Waals surface area contributed by atoms with E-state index in [0.717, 1.165) is 12.1 Å². The first-order chi connectivity index (χ1) is 23.5. The zero-order valence-corrected chi connectivity index (χ0v) is 24.9. The van der Waals surface area contributed by atoms with Gasteiger partial charge in [-0.25, -0.2) is 34.0 Å². The normalized spacial score (nSPS) is 14.3. The lowest BCUT2D eigenvalue weighted by Crippen LogP contribution is -2.07. The first-order valence-corrected chi connectivity index (χ1v) is 14.2. The van der Waals surface area contributed by atoms with E-state index in [1.165, 1.54) is 24.5 Å². The number of rotatable bonds is 2. The highest BCUT2D eigenvalue weighted by Gasteiger charge is 2.37. The Bertz CT molecular complexity index is 2540. The maximum atomic E-state index is 14.5. The number of benzene rings is 2. The molecule has 12 heteroatoms. The highest BCUT2D eigenvalue weighted by Crippen LogP contribution is 2.52. The quantitative estimate of drug-likeness (QED) is 0.106. The first-order valence-electron chi connectivity index (χ1n) is 14.2. The summed E-state index contributed by atoms with van der Waals surface area (Å²) in [5.74, 6) is -1.89. The van der Waals surface area contributed by atoms with Gasteiger partial charge in [-0.2, -0.15) is 13.2 Å². The third kappa shape index (κ3) is 4.71. The summed E-state index contributed by atoms with van der Waals surface area (Å²) in [4.78, 5) is 20.8. The Morgan fingerprint density at radius 2 is 1.14 bits per heavy atom. The van der Waals surface area contributed by atoms with Crippen molar-refractivity contribution < 1.29 is 22.0 Å². The fraction of sp³-hybridized carbons (Fsp3) is 0.0541. The van der Waals surface area contributed by atoms with Crippen molar-refractivity contribution in [2.24, 2.45) is 0 Å². The second kappa shape index (κ2) is 11.1. The van der Waals surface area contributed by atoms with E-state index in [9.17, 15) is 32.5 Å². The fourth-order valence-electron chi connectivity index (χ4n) is 6.02. The number of hydrogen-bond acceptors (Lipinski definition) is 5. The van der Waals surface area contributed by atoms with E-state index >= 15 is 0 Å². The maximum absolute atomic E-state index is 14.5. The first kappa shape index (κ1) is 30.6. The van der Waals surface area contributed by atoms with E-state index in [1.807, 2.05) is 12.1 Å². The number of alkyl halides is 3. The number of fused-ring (bicyclic) bond motifs is 6. The van der Waals surface area contributed by atoms with Crippen molar-refractivity contribution in [1.82, 2.24) is 15.0 Å². The van der Waals surface area contributed by atoms with Crippen LogP contribution in [0.15, 0.2) is 78.4 Å². The number of aryl methyl sites for hydroxylation is 1. The van der Waals surface area contributed by atoms with Crippen LogP contribution in [0.25, 0.3) is 65.6 Å². The summed E-state index contributed by atoms with van der Waals surface area (Å²) in [6.45, 7) is 17.1. The molecule has 49 heavy (non-hydrogen) atoms. The van der Waals surface area contributed by atoms with Gasteiger partial charge in [0.05, 0.1) is 53.6 Å². The average molecular weight is 652 g/mol. The molecule has 0 unspecified atom stereocenters. The standard InChI is InChI=1S/C37H14F5N7/c1-17-4-5-18(10-27(17)38)20-8-22-31(29(13-43)45-2)35-24(33(22)47-15-20)12-25-34-23(32(36(25)49-35)30(14-44)46-3)9-21(16-48-34)19-6-7-26(28(39)11-19)37(40,41)42/h4-12,15-16H,1H3/b31-29+,32-30-. The van der Waals surface area contributed by atoms with E-state index in [1.54, 1.807) is 31.2 Å². The third-order valence-corrected chi connectivity index (χ3v) is 8.34. The summed E-state index contributed by atoms with van der Waals surface area (Å²) < 4.78 is 68.5. The van der Waals surface area contributed by atoms with Crippen LogP contribution in [0.4, 0.5) is 22.0 Å². The minimum Gasteiger partial charge on any atom is -0.255 e. The minimum absolute atomic E-state index is 0.0763. The number of pyridine rings is 3. The summed E-state index contributed by atoms with van der Waals surface area (Å²) in [5, 5.41) is 19.9. The van der Waals surface area contributed by atoms with Crippen LogP contribution in [-0.4, -0.2) is 15.0 Å². The second-order valence-corrected chi connectivity index (χ2v) is 11.1. The van der Waals surface area contributed by atoms with E-state index in [-0.39, 0.29) is 50.6 Å². The van der Waals surface area contributed by atoms with Gasteiger partial charge < -0.3 is 0 Å². The number of aromatic nitrogens is 3. The lowest BCUT2D eigenvalue weighted by molar-refractivity contribution is -0.139. The largest absolute Gasteiger partial charge is 0.419 e. The van der Waals surface area contributed by atoms with Gasteiger partial charge in [-0.1, -0.05) is 18.2 Å². The molecule has 3 heterocycles. The summed E-state index contributed by atoms with van der Waals surface area (Å²) >= 11 is 0. The molecule has 3 aromatic heterocycles. The van der Waals surface area contributed by atoms with Crippen LogP contribution >= 0.6 is 0 Å². The zero-order valence-electron chi connectivity index (χ0n) is 24.9. The molecule has 0 fully saturated rings. The molecule has 7 nitrogen and oxygen atoms in total. The molecular weight excluding hydrogens is 637 g/mol. The van der Waals surface area contributed by atoms with Crippen LogP contribution in [0.3, 0.4) is 0 Å². The molecular formula is C37H14F5N7. The molecule has 2 aliphatic rings. The van der Waals surface area contributed by atoms with Gasteiger partial charge in [-0.05, 0) is 60.0 Å². The minimum atomic E-state index is -4.89. The lowest BCUT2D eigenvalue weighted by Gasteiger charge is -2.10. The molecule has 2 aliphatic carbocycles. The monoisotopic (exact) mass is 651 g/mol. The predicted octanol–water partition coefficient (Wildman–Crippen LogP) is 9.18. The van der Waals surface area contributed by atoms with E-state index in [0.29, 0.717) is 50.8 Å². The zero-order chi connectivity index (χ0) is 34.8. The smallest absolute Gasteiger partial charge is 0.255 e.